The molecule has 1 aromatic heterocycles. The number of aliphatic hydroxyl groups excluding tert-OH is 1. The van der Waals surface area contributed by atoms with Gasteiger partial charge in [-0.15, -0.1) is 0 Å². The van der Waals surface area contributed by atoms with Crippen LogP contribution in [0.4, 0.5) is 0 Å². The van der Waals surface area contributed by atoms with Gasteiger partial charge in [-0.2, -0.15) is 5.10 Å². The van der Waals surface area contributed by atoms with Gasteiger partial charge in [0.1, 0.15) is 5.69 Å². The minimum atomic E-state index is -0.288. The molecule has 0 aliphatic heterocycles. The second-order valence-corrected chi connectivity index (χ2v) is 4.37. The van der Waals surface area contributed by atoms with Crippen molar-refractivity contribution < 1.29 is 9.90 Å². The summed E-state index contributed by atoms with van der Waals surface area (Å²) in [7, 11) is 1.84. The Labute approximate surface area is 88.9 Å². The normalized spacial score (nSPS) is 25.1. The number of carbonyl (C=O) groups is 1. The predicted molar refractivity (Wildman–Crippen MR) is 55.7 cm³/mol. The van der Waals surface area contributed by atoms with Crippen molar-refractivity contribution in [1.82, 2.24) is 9.78 Å². The first kappa shape index (κ1) is 10.4. The molecule has 0 amide bonds. The van der Waals surface area contributed by atoms with Gasteiger partial charge in [0, 0.05) is 24.2 Å². The van der Waals surface area contributed by atoms with E-state index in [0.29, 0.717) is 18.5 Å². The number of Topliss-reactive ketones (excluding diaryl/α,β-unsaturated/α-hetero) is 1. The average Bonchev–Trinajstić information content (AvgIpc) is 2.40. The zero-order chi connectivity index (χ0) is 11.2. The van der Waals surface area contributed by atoms with Crippen molar-refractivity contribution in [2.45, 2.75) is 32.8 Å². The van der Waals surface area contributed by atoms with Gasteiger partial charge in [-0.3, -0.25) is 9.48 Å². The molecule has 1 heterocycles. The highest BCUT2D eigenvalue weighted by Crippen LogP contribution is 2.31. The third-order valence-electron chi connectivity index (χ3n) is 3.35. The first-order chi connectivity index (χ1) is 7.00. The number of hydrogen-bond donors (Lipinski definition) is 1. The van der Waals surface area contributed by atoms with Gasteiger partial charge in [0.2, 0.25) is 0 Å². The summed E-state index contributed by atoms with van der Waals surface area (Å²) in [5, 5.41) is 13.4. The molecule has 0 unspecified atom stereocenters. The first-order valence-electron chi connectivity index (χ1n) is 5.23. The van der Waals surface area contributed by atoms with Gasteiger partial charge < -0.3 is 5.11 Å². The maximum atomic E-state index is 12.0. The summed E-state index contributed by atoms with van der Waals surface area (Å²) in [4.78, 5) is 12.0. The van der Waals surface area contributed by atoms with E-state index in [1.807, 2.05) is 20.9 Å². The van der Waals surface area contributed by atoms with Gasteiger partial charge in [0.25, 0.3) is 0 Å². The molecular formula is C11H16N2O2. The van der Waals surface area contributed by atoms with Crippen LogP contribution in [0.1, 0.15) is 34.6 Å². The summed E-state index contributed by atoms with van der Waals surface area (Å²) in [6.45, 7) is 3.87. The number of nitrogens with zero attached hydrogens (tertiary/aromatic N) is 2. The quantitative estimate of drug-likeness (QED) is 0.737. The molecule has 4 nitrogen and oxygen atoms in total. The SMILES string of the molecule is Cc1c(C(=O)C2CC(O)C2)nn(C)c1C. The molecule has 1 aliphatic rings. The molecule has 1 aromatic rings. The Hall–Kier alpha value is -1.16. The number of ketones is 1. The minimum Gasteiger partial charge on any atom is -0.393 e. The third kappa shape index (κ3) is 1.59. The van der Waals surface area contributed by atoms with Crippen LogP contribution in [0.25, 0.3) is 0 Å². The van der Waals surface area contributed by atoms with Crippen molar-refractivity contribution in [3.8, 4) is 0 Å². The molecule has 0 spiro atoms. The van der Waals surface area contributed by atoms with Crippen molar-refractivity contribution >= 4 is 5.78 Å². The highest BCUT2D eigenvalue weighted by atomic mass is 16.3. The van der Waals surface area contributed by atoms with E-state index >= 15 is 0 Å². The van der Waals surface area contributed by atoms with Crippen LogP contribution < -0.4 is 0 Å². The van der Waals surface area contributed by atoms with Crippen molar-refractivity contribution in [1.29, 1.82) is 0 Å². The lowest BCUT2D eigenvalue weighted by molar-refractivity contribution is 0.0363. The van der Waals surface area contributed by atoms with Crippen molar-refractivity contribution in [2.75, 3.05) is 0 Å². The van der Waals surface area contributed by atoms with Gasteiger partial charge >= 0.3 is 0 Å². The van der Waals surface area contributed by atoms with Crippen LogP contribution in [-0.2, 0) is 7.05 Å². The maximum Gasteiger partial charge on any atom is 0.186 e. The number of aromatic nitrogens is 2. The molecule has 0 atom stereocenters. The fourth-order valence-corrected chi connectivity index (χ4v) is 1.94. The van der Waals surface area contributed by atoms with Gasteiger partial charge in [-0.05, 0) is 26.7 Å². The molecule has 1 fully saturated rings. The second-order valence-electron chi connectivity index (χ2n) is 4.37. The van der Waals surface area contributed by atoms with Crippen LogP contribution in [0.5, 0.6) is 0 Å². The van der Waals surface area contributed by atoms with E-state index in [-0.39, 0.29) is 17.8 Å². The Bertz CT molecular complexity index is 403. The van der Waals surface area contributed by atoms with Crippen molar-refractivity contribution in [3.05, 3.63) is 17.0 Å². The predicted octanol–water partition coefficient (Wildman–Crippen LogP) is 0.991. The Morgan fingerprint density at radius 2 is 2.07 bits per heavy atom. The zero-order valence-corrected chi connectivity index (χ0v) is 9.32. The largest absolute Gasteiger partial charge is 0.393 e. The topological polar surface area (TPSA) is 55.1 Å². The zero-order valence-electron chi connectivity index (χ0n) is 9.32. The summed E-state index contributed by atoms with van der Waals surface area (Å²) < 4.78 is 1.73. The number of aryl methyl sites for hydroxylation is 1. The summed E-state index contributed by atoms with van der Waals surface area (Å²) >= 11 is 0. The van der Waals surface area contributed by atoms with Gasteiger partial charge in [-0.1, -0.05) is 0 Å². The van der Waals surface area contributed by atoms with Crippen molar-refractivity contribution in [2.24, 2.45) is 13.0 Å². The average molecular weight is 208 g/mol. The molecule has 0 aromatic carbocycles. The maximum absolute atomic E-state index is 12.0. The lowest BCUT2D eigenvalue weighted by atomic mass is 9.78. The van der Waals surface area contributed by atoms with E-state index in [4.69, 9.17) is 5.11 Å². The number of hydrogen-bond acceptors (Lipinski definition) is 3. The number of carbonyl (C=O) groups excluding carboxylic acids is 1. The van der Waals surface area contributed by atoms with E-state index in [1.165, 1.54) is 0 Å². The van der Waals surface area contributed by atoms with Gasteiger partial charge in [-0.25, -0.2) is 0 Å². The van der Waals surface area contributed by atoms with Crippen molar-refractivity contribution in [3.63, 3.8) is 0 Å². The second kappa shape index (κ2) is 3.45. The molecule has 2 rings (SSSR count). The first-order valence-corrected chi connectivity index (χ1v) is 5.23. The summed E-state index contributed by atoms with van der Waals surface area (Å²) in [6.07, 6.45) is 0.894. The van der Waals surface area contributed by atoms with E-state index in [2.05, 4.69) is 5.10 Å². The fraction of sp³-hybridized carbons (Fsp3) is 0.636. The number of aliphatic hydroxyl groups is 1. The monoisotopic (exact) mass is 208 g/mol. The van der Waals surface area contributed by atoms with Crippen LogP contribution in [0.2, 0.25) is 0 Å². The van der Waals surface area contributed by atoms with Crippen LogP contribution in [0.15, 0.2) is 0 Å². The molecule has 4 heteroatoms. The lowest BCUT2D eigenvalue weighted by Gasteiger charge is -2.29. The Kier molecular flexibility index (Phi) is 2.38. The van der Waals surface area contributed by atoms with E-state index in [0.717, 1.165) is 11.3 Å². The smallest absolute Gasteiger partial charge is 0.186 e. The molecule has 1 saturated carbocycles. The summed E-state index contributed by atoms with van der Waals surface area (Å²) in [6, 6.07) is 0. The van der Waals surface area contributed by atoms with Crippen LogP contribution in [0.3, 0.4) is 0 Å². The Balaban J connectivity index is 2.22. The molecule has 15 heavy (non-hydrogen) atoms. The minimum absolute atomic E-state index is 0.0204. The fourth-order valence-electron chi connectivity index (χ4n) is 1.94. The third-order valence-corrected chi connectivity index (χ3v) is 3.35. The summed E-state index contributed by atoms with van der Waals surface area (Å²) in [5.74, 6) is 0.0644. The van der Waals surface area contributed by atoms with E-state index < -0.39 is 0 Å². The highest BCUT2D eigenvalue weighted by Gasteiger charge is 2.35. The molecule has 82 valence electrons. The highest BCUT2D eigenvalue weighted by molar-refractivity contribution is 5.98. The van der Waals surface area contributed by atoms with E-state index in [9.17, 15) is 4.79 Å². The standard InChI is InChI=1S/C11H16N2O2/c1-6-7(2)13(3)12-10(6)11(15)8-4-9(14)5-8/h8-9,14H,4-5H2,1-3H3. The molecule has 1 aliphatic carbocycles. The molecule has 1 N–H and O–H groups in total. The lowest BCUT2D eigenvalue weighted by Crippen LogP contribution is -2.34. The summed E-state index contributed by atoms with van der Waals surface area (Å²) in [5.41, 5.74) is 2.56. The van der Waals surface area contributed by atoms with Crippen LogP contribution >= 0.6 is 0 Å². The Morgan fingerprint density at radius 1 is 1.47 bits per heavy atom. The molecule has 0 saturated heterocycles. The number of rotatable bonds is 2. The van der Waals surface area contributed by atoms with Gasteiger partial charge in [0.05, 0.1) is 6.10 Å². The molecule has 0 radical (unpaired) electrons. The molecule has 0 bridgehead atoms. The van der Waals surface area contributed by atoms with Gasteiger partial charge in [0.15, 0.2) is 5.78 Å². The molecular weight excluding hydrogens is 192 g/mol. The van der Waals surface area contributed by atoms with Crippen LogP contribution in [0, 0.1) is 19.8 Å². The Morgan fingerprint density at radius 3 is 2.47 bits per heavy atom. The van der Waals surface area contributed by atoms with E-state index in [1.54, 1.807) is 4.68 Å². The van der Waals surface area contributed by atoms with Crippen LogP contribution in [-0.4, -0.2) is 26.8 Å².